The summed E-state index contributed by atoms with van der Waals surface area (Å²) in [4.78, 5) is 28.0. The SMILES string of the molecule is Cn1nc(C(=O)Nc2ccc(-n3cnc4ccccc43)cc2)ccc1=O. The number of hydrogen-bond acceptors (Lipinski definition) is 4. The first-order valence-electron chi connectivity index (χ1n) is 8.00. The van der Waals surface area contributed by atoms with Gasteiger partial charge in [0, 0.05) is 24.5 Å². The quantitative estimate of drug-likeness (QED) is 0.618. The molecule has 1 amide bonds. The van der Waals surface area contributed by atoms with Crippen LogP contribution in [0.4, 0.5) is 5.69 Å². The first kappa shape index (κ1) is 15.8. The van der Waals surface area contributed by atoms with Crippen molar-refractivity contribution in [3.8, 4) is 5.69 Å². The summed E-state index contributed by atoms with van der Waals surface area (Å²) in [7, 11) is 1.50. The molecule has 0 spiro atoms. The van der Waals surface area contributed by atoms with Gasteiger partial charge in [0.1, 0.15) is 12.0 Å². The van der Waals surface area contributed by atoms with E-state index in [9.17, 15) is 9.59 Å². The van der Waals surface area contributed by atoms with Gasteiger partial charge in [-0.3, -0.25) is 14.2 Å². The van der Waals surface area contributed by atoms with Crippen molar-refractivity contribution in [1.82, 2.24) is 19.3 Å². The maximum Gasteiger partial charge on any atom is 0.276 e. The van der Waals surface area contributed by atoms with Crippen molar-refractivity contribution >= 4 is 22.6 Å². The Hall–Kier alpha value is -3.74. The molecule has 4 aromatic rings. The number of nitrogens with zero attached hydrogens (tertiary/aromatic N) is 4. The molecule has 0 radical (unpaired) electrons. The number of aryl methyl sites for hydroxylation is 1. The normalized spacial score (nSPS) is 10.8. The Kier molecular flexibility index (Phi) is 3.81. The Morgan fingerprint density at radius 3 is 2.54 bits per heavy atom. The van der Waals surface area contributed by atoms with Crippen LogP contribution in [0.1, 0.15) is 10.5 Å². The van der Waals surface area contributed by atoms with Gasteiger partial charge in [-0.25, -0.2) is 9.67 Å². The van der Waals surface area contributed by atoms with Crippen LogP contribution in [0.5, 0.6) is 0 Å². The van der Waals surface area contributed by atoms with Crippen LogP contribution >= 0.6 is 0 Å². The lowest BCUT2D eigenvalue weighted by atomic mass is 10.2. The lowest BCUT2D eigenvalue weighted by molar-refractivity contribution is 0.102. The van der Waals surface area contributed by atoms with Gasteiger partial charge in [0.15, 0.2) is 0 Å². The first-order chi connectivity index (χ1) is 12.6. The molecule has 4 rings (SSSR count). The highest BCUT2D eigenvalue weighted by Crippen LogP contribution is 2.19. The molecule has 0 saturated heterocycles. The topological polar surface area (TPSA) is 81.8 Å². The van der Waals surface area contributed by atoms with Gasteiger partial charge in [0.05, 0.1) is 11.0 Å². The van der Waals surface area contributed by atoms with Crippen molar-refractivity contribution in [2.75, 3.05) is 5.32 Å². The molecule has 0 unspecified atom stereocenters. The largest absolute Gasteiger partial charge is 0.321 e. The number of hydrogen-bond donors (Lipinski definition) is 1. The average molecular weight is 345 g/mol. The van der Waals surface area contributed by atoms with Crippen LogP contribution in [0.15, 0.2) is 71.8 Å². The fourth-order valence-corrected chi connectivity index (χ4v) is 2.69. The third kappa shape index (κ3) is 2.86. The molecular weight excluding hydrogens is 330 g/mol. The molecular formula is C19H15N5O2. The number of benzene rings is 2. The standard InChI is InChI=1S/C19H15N5O2/c1-23-18(25)11-10-16(22-23)19(26)21-13-6-8-14(9-7-13)24-12-20-15-4-2-3-5-17(15)24/h2-12H,1H3,(H,21,26). The fourth-order valence-electron chi connectivity index (χ4n) is 2.69. The van der Waals surface area contributed by atoms with E-state index in [1.165, 1.54) is 19.2 Å². The number of fused-ring (bicyclic) bond motifs is 1. The molecule has 0 atom stereocenters. The van der Waals surface area contributed by atoms with Gasteiger partial charge < -0.3 is 5.32 Å². The van der Waals surface area contributed by atoms with Crippen molar-refractivity contribution in [2.45, 2.75) is 0 Å². The number of imidazole rings is 1. The Labute approximate surface area is 148 Å². The zero-order chi connectivity index (χ0) is 18.1. The molecule has 0 bridgehead atoms. The third-order valence-corrected chi connectivity index (χ3v) is 4.05. The number of para-hydroxylation sites is 2. The molecule has 128 valence electrons. The summed E-state index contributed by atoms with van der Waals surface area (Å²) in [6.45, 7) is 0. The van der Waals surface area contributed by atoms with Gasteiger partial charge in [-0.15, -0.1) is 0 Å². The van der Waals surface area contributed by atoms with Crippen LogP contribution in [0.3, 0.4) is 0 Å². The monoisotopic (exact) mass is 345 g/mol. The van der Waals surface area contributed by atoms with Crippen LogP contribution in [-0.2, 0) is 7.05 Å². The summed E-state index contributed by atoms with van der Waals surface area (Å²) in [5, 5.41) is 6.71. The highest BCUT2D eigenvalue weighted by atomic mass is 16.2. The minimum atomic E-state index is -0.374. The number of amides is 1. The molecule has 2 aromatic carbocycles. The number of carbonyl (C=O) groups is 1. The number of rotatable bonds is 3. The van der Waals surface area contributed by atoms with Crippen molar-refractivity contribution in [3.63, 3.8) is 0 Å². The van der Waals surface area contributed by atoms with E-state index in [1.54, 1.807) is 6.33 Å². The van der Waals surface area contributed by atoms with Crippen molar-refractivity contribution in [1.29, 1.82) is 0 Å². The van der Waals surface area contributed by atoms with Crippen molar-refractivity contribution in [3.05, 3.63) is 83.0 Å². The smallest absolute Gasteiger partial charge is 0.276 e. The van der Waals surface area contributed by atoms with Crippen LogP contribution in [0.25, 0.3) is 16.7 Å². The van der Waals surface area contributed by atoms with Gasteiger partial charge in [0.25, 0.3) is 11.5 Å². The Balaban J connectivity index is 1.57. The van der Waals surface area contributed by atoms with Gasteiger partial charge in [0.2, 0.25) is 0 Å². The molecule has 0 aliphatic rings. The Morgan fingerprint density at radius 1 is 1.00 bits per heavy atom. The molecule has 0 aliphatic carbocycles. The third-order valence-electron chi connectivity index (χ3n) is 4.05. The Bertz CT molecular complexity index is 1160. The molecule has 7 heteroatoms. The van der Waals surface area contributed by atoms with E-state index in [1.807, 2.05) is 53.1 Å². The van der Waals surface area contributed by atoms with E-state index >= 15 is 0 Å². The number of aromatic nitrogens is 4. The van der Waals surface area contributed by atoms with Crippen molar-refractivity contribution < 1.29 is 4.79 Å². The minimum Gasteiger partial charge on any atom is -0.321 e. The summed E-state index contributed by atoms with van der Waals surface area (Å²) in [5.74, 6) is -0.374. The average Bonchev–Trinajstić information content (AvgIpc) is 3.09. The predicted octanol–water partition coefficient (Wildman–Crippen LogP) is 2.37. The van der Waals surface area contributed by atoms with Crippen LogP contribution in [-0.4, -0.2) is 25.2 Å². The number of anilines is 1. The van der Waals surface area contributed by atoms with E-state index in [-0.39, 0.29) is 17.2 Å². The summed E-state index contributed by atoms with van der Waals surface area (Å²) in [6, 6.07) is 18.0. The second-order valence-electron chi connectivity index (χ2n) is 5.78. The zero-order valence-corrected chi connectivity index (χ0v) is 14.0. The van der Waals surface area contributed by atoms with Crippen LogP contribution in [0.2, 0.25) is 0 Å². The molecule has 2 heterocycles. The first-order valence-corrected chi connectivity index (χ1v) is 8.00. The molecule has 2 aromatic heterocycles. The van der Waals surface area contributed by atoms with Gasteiger partial charge in [-0.2, -0.15) is 5.10 Å². The van der Waals surface area contributed by atoms with E-state index in [0.29, 0.717) is 5.69 Å². The highest BCUT2D eigenvalue weighted by molar-refractivity contribution is 6.02. The number of nitrogens with one attached hydrogen (secondary N) is 1. The lowest BCUT2D eigenvalue weighted by Crippen LogP contribution is -2.23. The highest BCUT2D eigenvalue weighted by Gasteiger charge is 2.09. The predicted molar refractivity (Wildman–Crippen MR) is 98.5 cm³/mol. The van der Waals surface area contributed by atoms with Gasteiger partial charge >= 0.3 is 0 Å². The maximum atomic E-state index is 12.3. The zero-order valence-electron chi connectivity index (χ0n) is 14.0. The summed E-state index contributed by atoms with van der Waals surface area (Å²) < 4.78 is 3.11. The van der Waals surface area contributed by atoms with Gasteiger partial charge in [-0.05, 0) is 42.5 Å². The molecule has 26 heavy (non-hydrogen) atoms. The van der Waals surface area contributed by atoms with Crippen LogP contribution < -0.4 is 10.9 Å². The van der Waals surface area contributed by atoms with E-state index in [2.05, 4.69) is 15.4 Å². The van der Waals surface area contributed by atoms with Crippen molar-refractivity contribution in [2.24, 2.45) is 7.05 Å². The molecule has 1 N–H and O–H groups in total. The second kappa shape index (κ2) is 6.29. The van der Waals surface area contributed by atoms with E-state index in [0.717, 1.165) is 21.4 Å². The molecule has 7 nitrogen and oxygen atoms in total. The minimum absolute atomic E-state index is 0.178. The van der Waals surface area contributed by atoms with Crippen LogP contribution in [0, 0.1) is 0 Å². The van der Waals surface area contributed by atoms with E-state index < -0.39 is 0 Å². The second-order valence-corrected chi connectivity index (χ2v) is 5.78. The number of carbonyl (C=O) groups excluding carboxylic acids is 1. The molecule has 0 saturated carbocycles. The fraction of sp³-hybridized carbons (Fsp3) is 0.0526. The summed E-state index contributed by atoms with van der Waals surface area (Å²) in [5.41, 5.74) is 3.43. The molecule has 0 aliphatic heterocycles. The van der Waals surface area contributed by atoms with Gasteiger partial charge in [-0.1, -0.05) is 12.1 Å². The summed E-state index contributed by atoms with van der Waals surface area (Å²) in [6.07, 6.45) is 1.77. The maximum absolute atomic E-state index is 12.3. The summed E-state index contributed by atoms with van der Waals surface area (Å²) >= 11 is 0. The Morgan fingerprint density at radius 2 is 1.77 bits per heavy atom. The lowest BCUT2D eigenvalue weighted by Gasteiger charge is -2.08. The molecule has 0 fully saturated rings. The van der Waals surface area contributed by atoms with E-state index in [4.69, 9.17) is 0 Å².